The Kier molecular flexibility index (Phi) is 6.10. The molecule has 2 rings (SSSR count). The van der Waals surface area contributed by atoms with Crippen LogP contribution in [0.25, 0.3) is 0 Å². The topological polar surface area (TPSA) is 12.5 Å². The lowest BCUT2D eigenvalue weighted by Gasteiger charge is -2.32. The molecule has 1 aromatic carbocycles. The maximum absolute atomic E-state index is 5.60. The molecule has 0 bridgehead atoms. The maximum atomic E-state index is 5.60. The quantitative estimate of drug-likeness (QED) is 0.746. The average molecular weight is 289 g/mol. The standard InChI is InChI=1S/C19H31NO/c1-5-6-11-20-12-9-16(10-13-20)17-7-8-18(15(2)3)19(14-17)21-4/h7-8,14-16H,5-6,9-13H2,1-4H3. The molecule has 1 aliphatic rings. The van der Waals surface area contributed by atoms with Crippen molar-refractivity contribution in [2.45, 2.75) is 58.3 Å². The van der Waals surface area contributed by atoms with Crippen LogP contribution >= 0.6 is 0 Å². The van der Waals surface area contributed by atoms with E-state index in [4.69, 9.17) is 4.74 Å². The third-order valence-corrected chi connectivity index (χ3v) is 4.77. The fourth-order valence-corrected chi connectivity index (χ4v) is 3.33. The minimum absolute atomic E-state index is 0.518. The van der Waals surface area contributed by atoms with Crippen molar-refractivity contribution in [1.29, 1.82) is 0 Å². The number of ether oxygens (including phenoxy) is 1. The van der Waals surface area contributed by atoms with E-state index in [0.717, 1.165) is 5.75 Å². The molecule has 0 N–H and O–H groups in total. The first-order chi connectivity index (χ1) is 10.2. The second kappa shape index (κ2) is 7.84. The molecule has 1 heterocycles. The summed E-state index contributed by atoms with van der Waals surface area (Å²) in [6.45, 7) is 10.5. The van der Waals surface area contributed by atoms with Gasteiger partial charge in [0.1, 0.15) is 5.75 Å². The number of nitrogens with zero attached hydrogens (tertiary/aromatic N) is 1. The highest BCUT2D eigenvalue weighted by molar-refractivity contribution is 5.40. The zero-order chi connectivity index (χ0) is 15.2. The molecular weight excluding hydrogens is 258 g/mol. The number of hydrogen-bond acceptors (Lipinski definition) is 2. The van der Waals surface area contributed by atoms with Crippen molar-refractivity contribution in [2.24, 2.45) is 0 Å². The van der Waals surface area contributed by atoms with E-state index < -0.39 is 0 Å². The van der Waals surface area contributed by atoms with Gasteiger partial charge in [0, 0.05) is 0 Å². The molecular formula is C19H31NO. The molecule has 2 nitrogen and oxygen atoms in total. The lowest BCUT2D eigenvalue weighted by Crippen LogP contribution is -2.33. The van der Waals surface area contributed by atoms with Crippen molar-refractivity contribution in [3.05, 3.63) is 29.3 Å². The van der Waals surface area contributed by atoms with Crippen LogP contribution < -0.4 is 4.74 Å². The number of benzene rings is 1. The molecule has 0 atom stereocenters. The van der Waals surface area contributed by atoms with Crippen LogP contribution in [-0.2, 0) is 0 Å². The van der Waals surface area contributed by atoms with Gasteiger partial charge in [-0.25, -0.2) is 0 Å². The minimum atomic E-state index is 0.518. The molecule has 0 aromatic heterocycles. The summed E-state index contributed by atoms with van der Waals surface area (Å²) < 4.78 is 5.60. The van der Waals surface area contributed by atoms with Crippen LogP contribution in [0.1, 0.15) is 69.4 Å². The van der Waals surface area contributed by atoms with E-state index in [2.05, 4.69) is 43.9 Å². The van der Waals surface area contributed by atoms with Crippen molar-refractivity contribution in [3.63, 3.8) is 0 Å². The smallest absolute Gasteiger partial charge is 0.122 e. The minimum Gasteiger partial charge on any atom is -0.496 e. The molecule has 1 saturated heterocycles. The Hall–Kier alpha value is -1.02. The number of methoxy groups -OCH3 is 1. The molecule has 1 aliphatic heterocycles. The molecule has 2 heteroatoms. The highest BCUT2D eigenvalue weighted by Crippen LogP contribution is 2.34. The van der Waals surface area contributed by atoms with E-state index in [0.29, 0.717) is 11.8 Å². The highest BCUT2D eigenvalue weighted by atomic mass is 16.5. The van der Waals surface area contributed by atoms with Crippen molar-refractivity contribution in [2.75, 3.05) is 26.7 Å². The Morgan fingerprint density at radius 1 is 1.24 bits per heavy atom. The van der Waals surface area contributed by atoms with Crippen LogP contribution in [0.2, 0.25) is 0 Å². The number of hydrogen-bond donors (Lipinski definition) is 0. The van der Waals surface area contributed by atoms with Gasteiger partial charge in [-0.1, -0.05) is 39.3 Å². The molecule has 0 amide bonds. The summed E-state index contributed by atoms with van der Waals surface area (Å²) in [7, 11) is 1.79. The Labute approximate surface area is 130 Å². The first kappa shape index (κ1) is 16.4. The first-order valence-corrected chi connectivity index (χ1v) is 8.55. The molecule has 0 saturated carbocycles. The summed E-state index contributed by atoms with van der Waals surface area (Å²) in [4.78, 5) is 2.62. The van der Waals surface area contributed by atoms with Crippen molar-refractivity contribution >= 4 is 0 Å². The van der Waals surface area contributed by atoms with Crippen LogP contribution in [-0.4, -0.2) is 31.6 Å². The molecule has 0 aliphatic carbocycles. The van der Waals surface area contributed by atoms with Gasteiger partial charge in [-0.15, -0.1) is 0 Å². The first-order valence-electron chi connectivity index (χ1n) is 8.55. The summed E-state index contributed by atoms with van der Waals surface area (Å²) >= 11 is 0. The van der Waals surface area contributed by atoms with Crippen molar-refractivity contribution < 1.29 is 4.74 Å². The van der Waals surface area contributed by atoms with Crippen LogP contribution in [0, 0.1) is 0 Å². The van der Waals surface area contributed by atoms with Gasteiger partial charge in [-0.2, -0.15) is 0 Å². The molecule has 1 fully saturated rings. The molecule has 0 spiro atoms. The Balaban J connectivity index is 2.00. The second-order valence-corrected chi connectivity index (χ2v) is 6.63. The number of piperidine rings is 1. The summed E-state index contributed by atoms with van der Waals surface area (Å²) in [5.41, 5.74) is 2.79. The Morgan fingerprint density at radius 3 is 2.52 bits per heavy atom. The fraction of sp³-hybridized carbons (Fsp3) is 0.684. The van der Waals surface area contributed by atoms with E-state index in [1.807, 2.05) is 0 Å². The van der Waals surface area contributed by atoms with E-state index in [1.165, 1.54) is 56.4 Å². The van der Waals surface area contributed by atoms with Gasteiger partial charge in [-0.3, -0.25) is 0 Å². The van der Waals surface area contributed by atoms with E-state index in [9.17, 15) is 0 Å². The Bertz CT molecular complexity index is 433. The van der Waals surface area contributed by atoms with Gasteiger partial charge < -0.3 is 9.64 Å². The zero-order valence-corrected chi connectivity index (χ0v) is 14.2. The molecule has 1 aromatic rings. The SMILES string of the molecule is CCCCN1CCC(c2ccc(C(C)C)c(OC)c2)CC1. The van der Waals surface area contributed by atoms with Gasteiger partial charge in [0.2, 0.25) is 0 Å². The monoisotopic (exact) mass is 289 g/mol. The van der Waals surface area contributed by atoms with E-state index in [1.54, 1.807) is 7.11 Å². The zero-order valence-electron chi connectivity index (χ0n) is 14.2. The molecule has 118 valence electrons. The highest BCUT2D eigenvalue weighted by Gasteiger charge is 2.21. The van der Waals surface area contributed by atoms with E-state index in [-0.39, 0.29) is 0 Å². The summed E-state index contributed by atoms with van der Waals surface area (Å²) in [5.74, 6) is 2.29. The molecule has 21 heavy (non-hydrogen) atoms. The van der Waals surface area contributed by atoms with Gasteiger partial charge in [0.25, 0.3) is 0 Å². The van der Waals surface area contributed by atoms with Crippen LogP contribution in [0.5, 0.6) is 5.75 Å². The van der Waals surface area contributed by atoms with Gasteiger partial charge in [0.05, 0.1) is 7.11 Å². The third kappa shape index (κ3) is 4.23. The van der Waals surface area contributed by atoms with Gasteiger partial charge >= 0.3 is 0 Å². The fourth-order valence-electron chi connectivity index (χ4n) is 3.33. The van der Waals surface area contributed by atoms with Crippen LogP contribution in [0.3, 0.4) is 0 Å². The number of unbranched alkanes of at least 4 members (excludes halogenated alkanes) is 1. The summed E-state index contributed by atoms with van der Waals surface area (Å²) in [6, 6.07) is 6.87. The summed E-state index contributed by atoms with van der Waals surface area (Å²) in [6.07, 6.45) is 5.21. The molecule has 0 radical (unpaired) electrons. The van der Waals surface area contributed by atoms with Crippen molar-refractivity contribution in [3.8, 4) is 5.75 Å². The lowest BCUT2D eigenvalue weighted by atomic mass is 9.87. The maximum Gasteiger partial charge on any atom is 0.122 e. The van der Waals surface area contributed by atoms with Crippen LogP contribution in [0.4, 0.5) is 0 Å². The normalized spacial score (nSPS) is 17.4. The second-order valence-electron chi connectivity index (χ2n) is 6.63. The summed E-state index contributed by atoms with van der Waals surface area (Å²) in [5, 5.41) is 0. The predicted molar refractivity (Wildman–Crippen MR) is 90.4 cm³/mol. The predicted octanol–water partition coefficient (Wildman–Crippen LogP) is 4.80. The average Bonchev–Trinajstić information content (AvgIpc) is 2.52. The van der Waals surface area contributed by atoms with Gasteiger partial charge in [0.15, 0.2) is 0 Å². The number of likely N-dealkylation sites (tertiary alicyclic amines) is 1. The largest absolute Gasteiger partial charge is 0.496 e. The third-order valence-electron chi connectivity index (χ3n) is 4.77. The lowest BCUT2D eigenvalue weighted by molar-refractivity contribution is 0.209. The Morgan fingerprint density at radius 2 is 1.95 bits per heavy atom. The van der Waals surface area contributed by atoms with Crippen molar-refractivity contribution in [1.82, 2.24) is 4.90 Å². The van der Waals surface area contributed by atoms with E-state index >= 15 is 0 Å². The van der Waals surface area contributed by atoms with Gasteiger partial charge in [-0.05, 0) is 67.9 Å². The van der Waals surface area contributed by atoms with Crippen LogP contribution in [0.15, 0.2) is 18.2 Å². The number of rotatable bonds is 6. The molecule has 0 unspecified atom stereocenters.